The van der Waals surface area contributed by atoms with E-state index in [1.54, 1.807) is 48.5 Å². The van der Waals surface area contributed by atoms with Gasteiger partial charge in [0.25, 0.3) is 17.5 Å². The molecule has 0 atom stereocenters. The fourth-order valence-corrected chi connectivity index (χ4v) is 2.85. The number of nitrogen functional groups attached to an aromatic ring is 1. The van der Waals surface area contributed by atoms with Crippen LogP contribution in [-0.2, 0) is 4.79 Å². The SMILES string of the molecule is NC(=O)/C(N)=C(\Nc1ccc(C(=O)Nc2ccccc2)cc1)c1cc([N+](=O)[O-])ccc1N. The number of non-ortho nitro benzene ring substituents is 1. The lowest BCUT2D eigenvalue weighted by molar-refractivity contribution is -0.384. The summed E-state index contributed by atoms with van der Waals surface area (Å²) in [5.41, 5.74) is 18.3. The Kier molecular flexibility index (Phi) is 6.35. The van der Waals surface area contributed by atoms with Gasteiger partial charge in [0.05, 0.1) is 10.6 Å². The number of carbonyl (C=O) groups excluding carboxylic acids is 2. The number of rotatable bonds is 7. The second kappa shape index (κ2) is 9.30. The molecule has 0 saturated heterocycles. The van der Waals surface area contributed by atoms with Crippen LogP contribution < -0.4 is 27.8 Å². The number of nitrogens with zero attached hydrogens (tertiary/aromatic N) is 1. The molecular weight excluding hydrogens is 412 g/mol. The predicted octanol–water partition coefficient (Wildman–Crippen LogP) is 2.65. The van der Waals surface area contributed by atoms with E-state index in [4.69, 9.17) is 17.2 Å². The first-order valence-corrected chi connectivity index (χ1v) is 9.33. The number of nitrogens with one attached hydrogen (secondary N) is 2. The predicted molar refractivity (Wildman–Crippen MR) is 122 cm³/mol. The number of nitrogens with two attached hydrogens (primary N) is 3. The Balaban J connectivity index is 1.89. The topological polar surface area (TPSA) is 179 Å². The van der Waals surface area contributed by atoms with Crippen molar-refractivity contribution < 1.29 is 14.5 Å². The quantitative estimate of drug-likeness (QED) is 0.165. The molecular formula is C22H20N6O4. The maximum atomic E-state index is 12.4. The molecule has 0 aromatic heterocycles. The molecule has 0 fully saturated rings. The van der Waals surface area contributed by atoms with Crippen LogP contribution in [-0.4, -0.2) is 16.7 Å². The molecule has 10 nitrogen and oxygen atoms in total. The molecule has 3 rings (SSSR count). The fraction of sp³-hybridized carbons (Fsp3) is 0. The number of anilines is 3. The normalized spacial score (nSPS) is 11.2. The number of hydrogen-bond donors (Lipinski definition) is 5. The van der Waals surface area contributed by atoms with Crippen molar-refractivity contribution in [2.45, 2.75) is 0 Å². The highest BCUT2D eigenvalue weighted by Gasteiger charge is 2.18. The lowest BCUT2D eigenvalue weighted by Gasteiger charge is -2.16. The Morgan fingerprint density at radius 3 is 2.06 bits per heavy atom. The first-order valence-electron chi connectivity index (χ1n) is 9.33. The first-order chi connectivity index (χ1) is 15.3. The van der Waals surface area contributed by atoms with E-state index in [0.717, 1.165) is 0 Å². The van der Waals surface area contributed by atoms with Crippen LogP contribution in [0.15, 0.2) is 78.5 Å². The number of benzene rings is 3. The minimum atomic E-state index is -0.933. The highest BCUT2D eigenvalue weighted by atomic mass is 16.6. The monoisotopic (exact) mass is 432 g/mol. The number of nitro groups is 1. The zero-order valence-corrected chi connectivity index (χ0v) is 16.7. The van der Waals surface area contributed by atoms with E-state index in [9.17, 15) is 19.7 Å². The maximum Gasteiger partial charge on any atom is 0.270 e. The standard InChI is InChI=1S/C22H20N6O4/c23-18-11-10-16(28(31)32)12-17(18)20(19(24)21(25)29)26-15-8-6-13(7-9-15)22(30)27-14-4-2-1-3-5-14/h1-12,26H,23-24H2,(H2,25,29)(H,27,30)/b20-19+. The molecule has 0 heterocycles. The Bertz CT molecular complexity index is 1210. The van der Waals surface area contributed by atoms with E-state index in [0.29, 0.717) is 16.9 Å². The zero-order valence-electron chi connectivity index (χ0n) is 16.7. The van der Waals surface area contributed by atoms with Gasteiger partial charge in [-0.2, -0.15) is 0 Å². The van der Waals surface area contributed by atoms with E-state index in [-0.39, 0.29) is 34.2 Å². The Labute approximate surface area is 182 Å². The van der Waals surface area contributed by atoms with Gasteiger partial charge < -0.3 is 27.8 Å². The fourth-order valence-electron chi connectivity index (χ4n) is 2.85. The molecule has 2 amide bonds. The third kappa shape index (κ3) is 5.00. The summed E-state index contributed by atoms with van der Waals surface area (Å²) in [6.45, 7) is 0. The van der Waals surface area contributed by atoms with Gasteiger partial charge in [0.1, 0.15) is 5.70 Å². The van der Waals surface area contributed by atoms with Gasteiger partial charge in [0.15, 0.2) is 0 Å². The van der Waals surface area contributed by atoms with Crippen molar-refractivity contribution in [3.05, 3.63) is 99.7 Å². The van der Waals surface area contributed by atoms with E-state index in [1.165, 1.54) is 18.2 Å². The zero-order chi connectivity index (χ0) is 23.3. The van der Waals surface area contributed by atoms with E-state index in [2.05, 4.69) is 10.6 Å². The Morgan fingerprint density at radius 1 is 0.844 bits per heavy atom. The molecule has 0 aliphatic rings. The molecule has 0 saturated carbocycles. The summed E-state index contributed by atoms with van der Waals surface area (Å²) in [4.78, 5) is 34.7. The largest absolute Gasteiger partial charge is 0.398 e. The van der Waals surface area contributed by atoms with Crippen molar-refractivity contribution in [2.75, 3.05) is 16.4 Å². The summed E-state index contributed by atoms with van der Waals surface area (Å²) >= 11 is 0. The lowest BCUT2D eigenvalue weighted by atomic mass is 10.1. The number of nitro benzene ring substituents is 1. The highest BCUT2D eigenvalue weighted by Crippen LogP contribution is 2.29. The Hall–Kier alpha value is -4.86. The summed E-state index contributed by atoms with van der Waals surface area (Å²) in [7, 11) is 0. The summed E-state index contributed by atoms with van der Waals surface area (Å²) in [5, 5.41) is 16.8. The van der Waals surface area contributed by atoms with E-state index < -0.39 is 10.8 Å². The van der Waals surface area contributed by atoms with Gasteiger partial charge in [-0.15, -0.1) is 0 Å². The van der Waals surface area contributed by atoms with Crippen LogP contribution in [0, 0.1) is 10.1 Å². The lowest BCUT2D eigenvalue weighted by Crippen LogP contribution is -2.24. The average molecular weight is 432 g/mol. The second-order valence-electron chi connectivity index (χ2n) is 6.70. The Morgan fingerprint density at radius 2 is 1.47 bits per heavy atom. The van der Waals surface area contributed by atoms with Crippen molar-refractivity contribution >= 4 is 40.3 Å². The average Bonchev–Trinajstić information content (AvgIpc) is 2.78. The van der Waals surface area contributed by atoms with Gasteiger partial charge in [-0.05, 0) is 42.5 Å². The first kappa shape index (κ1) is 21.8. The molecule has 32 heavy (non-hydrogen) atoms. The second-order valence-corrected chi connectivity index (χ2v) is 6.70. The molecule has 8 N–H and O–H groups in total. The minimum absolute atomic E-state index is 0.0141. The van der Waals surface area contributed by atoms with Crippen LogP contribution in [0.2, 0.25) is 0 Å². The van der Waals surface area contributed by atoms with Crippen LogP contribution in [0.4, 0.5) is 22.7 Å². The van der Waals surface area contributed by atoms with Crippen molar-refractivity contribution in [3.8, 4) is 0 Å². The molecule has 0 bridgehead atoms. The van der Waals surface area contributed by atoms with Crippen molar-refractivity contribution in [2.24, 2.45) is 11.5 Å². The molecule has 3 aromatic rings. The van der Waals surface area contributed by atoms with Gasteiger partial charge in [0.2, 0.25) is 0 Å². The van der Waals surface area contributed by atoms with Gasteiger partial charge in [0, 0.05) is 40.3 Å². The molecule has 10 heteroatoms. The number of carbonyl (C=O) groups is 2. The minimum Gasteiger partial charge on any atom is -0.398 e. The number of hydrogen-bond acceptors (Lipinski definition) is 7. The molecule has 0 radical (unpaired) electrons. The molecule has 0 unspecified atom stereocenters. The summed E-state index contributed by atoms with van der Waals surface area (Å²) in [6.07, 6.45) is 0. The van der Waals surface area contributed by atoms with Crippen LogP contribution >= 0.6 is 0 Å². The van der Waals surface area contributed by atoms with Gasteiger partial charge in [-0.1, -0.05) is 18.2 Å². The van der Waals surface area contributed by atoms with Gasteiger partial charge in [-0.25, -0.2) is 0 Å². The van der Waals surface area contributed by atoms with Crippen molar-refractivity contribution in [3.63, 3.8) is 0 Å². The third-order valence-corrected chi connectivity index (χ3v) is 4.50. The molecule has 162 valence electrons. The number of primary amides is 1. The van der Waals surface area contributed by atoms with Crippen molar-refractivity contribution in [1.82, 2.24) is 0 Å². The summed E-state index contributed by atoms with van der Waals surface area (Å²) in [5.74, 6) is -1.24. The molecule has 3 aromatic carbocycles. The van der Waals surface area contributed by atoms with Gasteiger partial charge >= 0.3 is 0 Å². The van der Waals surface area contributed by atoms with Crippen LogP contribution in [0.1, 0.15) is 15.9 Å². The molecule has 0 spiro atoms. The maximum absolute atomic E-state index is 12.4. The number of para-hydroxylation sites is 1. The van der Waals surface area contributed by atoms with Crippen LogP contribution in [0.25, 0.3) is 5.70 Å². The van der Waals surface area contributed by atoms with Gasteiger partial charge in [-0.3, -0.25) is 19.7 Å². The van der Waals surface area contributed by atoms with E-state index in [1.807, 2.05) is 6.07 Å². The van der Waals surface area contributed by atoms with E-state index >= 15 is 0 Å². The molecule has 0 aliphatic heterocycles. The number of amides is 2. The molecule has 0 aliphatic carbocycles. The van der Waals surface area contributed by atoms with Crippen LogP contribution in [0.3, 0.4) is 0 Å². The smallest absolute Gasteiger partial charge is 0.270 e. The third-order valence-electron chi connectivity index (χ3n) is 4.50. The summed E-state index contributed by atoms with van der Waals surface area (Å²) < 4.78 is 0. The van der Waals surface area contributed by atoms with Crippen molar-refractivity contribution in [1.29, 1.82) is 0 Å². The van der Waals surface area contributed by atoms with Crippen LogP contribution in [0.5, 0.6) is 0 Å². The highest BCUT2D eigenvalue weighted by molar-refractivity contribution is 6.05. The summed E-state index contributed by atoms with van der Waals surface area (Å²) in [6, 6.07) is 19.0.